The Morgan fingerprint density at radius 1 is 1.15 bits per heavy atom. The van der Waals surface area contributed by atoms with Gasteiger partial charge in [-0.15, -0.1) is 0 Å². The summed E-state index contributed by atoms with van der Waals surface area (Å²) in [6.45, 7) is 2.58. The van der Waals surface area contributed by atoms with Gasteiger partial charge in [0.15, 0.2) is 0 Å². The molecule has 9 nitrogen and oxygen atoms in total. The lowest BCUT2D eigenvalue weighted by Crippen LogP contribution is -2.38. The molecule has 1 fully saturated rings. The van der Waals surface area contributed by atoms with Gasteiger partial charge in [0.1, 0.15) is 6.04 Å². The third-order valence-corrected chi connectivity index (χ3v) is 6.31. The second-order valence-corrected chi connectivity index (χ2v) is 8.72. The molecule has 4 rings (SSSR count). The number of aryl methyl sites for hydroxylation is 2. The number of imidazole rings is 1. The van der Waals surface area contributed by atoms with Crippen LogP contribution >= 0.6 is 11.6 Å². The van der Waals surface area contributed by atoms with Crippen molar-refractivity contribution >= 4 is 46.2 Å². The molecular formula is C24H26ClN5O4. The molecule has 0 spiro atoms. The summed E-state index contributed by atoms with van der Waals surface area (Å²) in [6, 6.07) is 11.4. The molecule has 1 saturated heterocycles. The quantitative estimate of drug-likeness (QED) is 0.368. The van der Waals surface area contributed by atoms with Gasteiger partial charge >= 0.3 is 11.7 Å². The number of anilines is 1. The Labute approximate surface area is 201 Å². The number of benzene rings is 2. The summed E-state index contributed by atoms with van der Waals surface area (Å²) in [4.78, 5) is 49.8. The number of carbonyl (C=O) groups is 3. The molecule has 0 bridgehead atoms. The molecule has 3 aromatic rings. The van der Waals surface area contributed by atoms with E-state index in [1.54, 1.807) is 22.8 Å². The molecule has 178 valence electrons. The normalized spacial score (nSPS) is 16.2. The topological polar surface area (TPSA) is 114 Å². The fourth-order valence-electron chi connectivity index (χ4n) is 4.15. The minimum atomic E-state index is -0.740. The zero-order valence-electron chi connectivity index (χ0n) is 18.8. The minimum absolute atomic E-state index is 0.262. The van der Waals surface area contributed by atoms with Crippen LogP contribution in [0, 0.1) is 6.92 Å². The van der Waals surface area contributed by atoms with Crippen LogP contribution in [0.15, 0.2) is 47.3 Å². The number of fused-ring (bicyclic) bond motifs is 1. The number of urea groups is 1. The van der Waals surface area contributed by atoms with E-state index in [0.717, 1.165) is 5.56 Å². The van der Waals surface area contributed by atoms with Gasteiger partial charge in [0.05, 0.1) is 11.0 Å². The van der Waals surface area contributed by atoms with E-state index in [4.69, 9.17) is 11.6 Å². The Balaban J connectivity index is 1.44. The number of nitrogens with one attached hydrogen (secondary N) is 3. The summed E-state index contributed by atoms with van der Waals surface area (Å²) in [5, 5.41) is 8.45. The van der Waals surface area contributed by atoms with E-state index in [-0.39, 0.29) is 24.0 Å². The van der Waals surface area contributed by atoms with Crippen molar-refractivity contribution in [1.82, 2.24) is 19.8 Å². The van der Waals surface area contributed by atoms with Crippen LogP contribution in [0.2, 0.25) is 5.02 Å². The molecule has 10 heteroatoms. The fourth-order valence-corrected chi connectivity index (χ4v) is 4.33. The Morgan fingerprint density at radius 2 is 1.91 bits per heavy atom. The summed E-state index contributed by atoms with van der Waals surface area (Å²) in [5.41, 5.74) is 2.55. The zero-order chi connectivity index (χ0) is 24.2. The second-order valence-electron chi connectivity index (χ2n) is 8.31. The van der Waals surface area contributed by atoms with E-state index in [0.29, 0.717) is 54.1 Å². The number of aromatic nitrogens is 2. The number of nitrogens with zero attached hydrogens (tertiary/aromatic N) is 2. The number of amides is 4. The van der Waals surface area contributed by atoms with E-state index in [2.05, 4.69) is 16.0 Å². The van der Waals surface area contributed by atoms with Crippen molar-refractivity contribution < 1.29 is 14.4 Å². The van der Waals surface area contributed by atoms with Gasteiger partial charge in [0.25, 0.3) is 0 Å². The van der Waals surface area contributed by atoms with Crippen molar-refractivity contribution in [3.05, 3.63) is 63.5 Å². The number of para-hydroxylation sites is 2. The van der Waals surface area contributed by atoms with Crippen LogP contribution in [0.4, 0.5) is 10.5 Å². The number of rotatable bonds is 6. The Bertz CT molecular complexity index is 1310. The molecule has 1 aromatic heterocycles. The molecular weight excluding hydrogens is 458 g/mol. The van der Waals surface area contributed by atoms with Crippen molar-refractivity contribution in [3.63, 3.8) is 0 Å². The SMILES string of the molecule is Cc1ccc(NC(=O)NCCCn2c(=O)n(C3CCCC(=O)NC3=O)c3ccccc32)cc1Cl. The van der Waals surface area contributed by atoms with Crippen molar-refractivity contribution in [2.24, 2.45) is 0 Å². The van der Waals surface area contributed by atoms with Crippen molar-refractivity contribution in [2.75, 3.05) is 11.9 Å². The first-order chi connectivity index (χ1) is 16.3. The highest BCUT2D eigenvalue weighted by molar-refractivity contribution is 6.31. The molecule has 1 aliphatic heterocycles. The maximum atomic E-state index is 13.3. The summed E-state index contributed by atoms with van der Waals surface area (Å²) < 4.78 is 3.08. The molecule has 1 atom stereocenters. The smallest absolute Gasteiger partial charge is 0.329 e. The molecule has 0 radical (unpaired) electrons. The van der Waals surface area contributed by atoms with Crippen molar-refractivity contribution in [1.29, 1.82) is 0 Å². The number of hydrogen-bond acceptors (Lipinski definition) is 4. The molecule has 1 unspecified atom stereocenters. The molecule has 0 aliphatic carbocycles. The van der Waals surface area contributed by atoms with Crippen LogP contribution in [-0.2, 0) is 16.1 Å². The summed E-state index contributed by atoms with van der Waals surface area (Å²) in [6.07, 6.45) is 1.71. The lowest BCUT2D eigenvalue weighted by molar-refractivity contribution is -0.131. The van der Waals surface area contributed by atoms with Crippen LogP contribution in [0.3, 0.4) is 0 Å². The van der Waals surface area contributed by atoms with E-state index in [1.807, 2.05) is 31.2 Å². The predicted molar refractivity (Wildman–Crippen MR) is 130 cm³/mol. The Hall–Kier alpha value is -3.59. The van der Waals surface area contributed by atoms with Gasteiger partial charge in [-0.05, 0) is 56.0 Å². The average molecular weight is 484 g/mol. The fraction of sp³-hybridized carbons (Fsp3) is 0.333. The molecule has 1 aliphatic rings. The summed E-state index contributed by atoms with van der Waals surface area (Å²) >= 11 is 6.09. The molecule has 34 heavy (non-hydrogen) atoms. The molecule has 4 amide bonds. The van der Waals surface area contributed by atoms with Crippen LogP contribution in [0.1, 0.15) is 37.3 Å². The van der Waals surface area contributed by atoms with Gasteiger partial charge in [0, 0.05) is 30.2 Å². The van der Waals surface area contributed by atoms with Crippen molar-refractivity contribution in [3.8, 4) is 0 Å². The lowest BCUT2D eigenvalue weighted by atomic mass is 10.1. The van der Waals surface area contributed by atoms with Crippen LogP contribution in [0.25, 0.3) is 11.0 Å². The maximum Gasteiger partial charge on any atom is 0.329 e. The highest BCUT2D eigenvalue weighted by Gasteiger charge is 2.29. The standard InChI is InChI=1S/C24H26ClN5O4/c1-15-10-11-16(14-17(15)25)27-23(33)26-12-5-13-29-18-6-2-3-7-19(18)30(24(29)34)20-8-4-9-21(31)28-22(20)32/h2-3,6-7,10-11,14,20H,4-5,8-9,12-13H2,1H3,(H2,26,27,33)(H,28,31,32). The average Bonchev–Trinajstić information content (AvgIpc) is 2.96. The van der Waals surface area contributed by atoms with Crippen LogP contribution < -0.4 is 21.6 Å². The summed E-state index contributed by atoms with van der Waals surface area (Å²) in [7, 11) is 0. The van der Waals surface area contributed by atoms with Crippen LogP contribution in [0.5, 0.6) is 0 Å². The number of hydrogen-bond donors (Lipinski definition) is 3. The van der Waals surface area contributed by atoms with Gasteiger partial charge in [-0.1, -0.05) is 29.8 Å². The third-order valence-electron chi connectivity index (χ3n) is 5.90. The van der Waals surface area contributed by atoms with E-state index in [9.17, 15) is 19.2 Å². The Kier molecular flexibility index (Phi) is 7.02. The monoisotopic (exact) mass is 483 g/mol. The van der Waals surface area contributed by atoms with E-state index >= 15 is 0 Å². The highest BCUT2D eigenvalue weighted by atomic mass is 35.5. The molecule has 2 aromatic carbocycles. The first kappa shape index (κ1) is 23.6. The van der Waals surface area contributed by atoms with Gasteiger partial charge in [0.2, 0.25) is 11.8 Å². The highest BCUT2D eigenvalue weighted by Crippen LogP contribution is 2.23. The molecule has 2 heterocycles. The third kappa shape index (κ3) is 4.99. The first-order valence-electron chi connectivity index (χ1n) is 11.2. The summed E-state index contributed by atoms with van der Waals surface area (Å²) in [5.74, 6) is -0.774. The van der Waals surface area contributed by atoms with Crippen LogP contribution in [-0.4, -0.2) is 33.5 Å². The number of imide groups is 1. The zero-order valence-corrected chi connectivity index (χ0v) is 19.5. The van der Waals surface area contributed by atoms with Crippen molar-refractivity contribution in [2.45, 2.75) is 45.2 Å². The van der Waals surface area contributed by atoms with E-state index < -0.39 is 11.9 Å². The lowest BCUT2D eigenvalue weighted by Gasteiger charge is -2.14. The number of carbonyl (C=O) groups excluding carboxylic acids is 3. The Morgan fingerprint density at radius 3 is 2.68 bits per heavy atom. The van der Waals surface area contributed by atoms with Gasteiger partial charge in [-0.2, -0.15) is 0 Å². The van der Waals surface area contributed by atoms with E-state index in [1.165, 1.54) is 4.57 Å². The maximum absolute atomic E-state index is 13.3. The first-order valence-corrected chi connectivity index (χ1v) is 11.6. The number of halogens is 1. The molecule has 3 N–H and O–H groups in total. The molecule has 0 saturated carbocycles. The predicted octanol–water partition coefficient (Wildman–Crippen LogP) is 3.34. The van der Waals surface area contributed by atoms with Gasteiger partial charge in [-0.3, -0.25) is 24.0 Å². The van der Waals surface area contributed by atoms with Gasteiger partial charge in [-0.25, -0.2) is 9.59 Å². The second kappa shape index (κ2) is 10.1. The largest absolute Gasteiger partial charge is 0.338 e. The van der Waals surface area contributed by atoms with Gasteiger partial charge < -0.3 is 10.6 Å². The minimum Gasteiger partial charge on any atom is -0.338 e.